The van der Waals surface area contributed by atoms with Gasteiger partial charge in [0.1, 0.15) is 0 Å². The number of nitrogens with one attached hydrogen (secondary N) is 2. The number of guanidine groups is 1. The van der Waals surface area contributed by atoms with Crippen LogP contribution in [0.2, 0.25) is 0 Å². The van der Waals surface area contributed by atoms with E-state index >= 15 is 0 Å². The Hall–Kier alpha value is -0.770. The van der Waals surface area contributed by atoms with Gasteiger partial charge in [0, 0.05) is 32.8 Å². The summed E-state index contributed by atoms with van der Waals surface area (Å²) in [7, 11) is 0. The Kier molecular flexibility index (Phi) is 12.5. The first-order chi connectivity index (χ1) is 9.99. The summed E-state index contributed by atoms with van der Waals surface area (Å²) < 4.78 is 5.33. The molecule has 0 aromatic heterocycles. The SMILES string of the molecule is CCNC(=NCCCCC(C)(C)C)NCCCCOCC. The van der Waals surface area contributed by atoms with Crippen LogP contribution in [0.1, 0.15) is 66.7 Å². The lowest BCUT2D eigenvalue weighted by Crippen LogP contribution is -2.37. The molecule has 126 valence electrons. The van der Waals surface area contributed by atoms with Crippen LogP contribution in [0.25, 0.3) is 0 Å². The molecule has 2 N–H and O–H groups in total. The van der Waals surface area contributed by atoms with Crippen molar-refractivity contribution in [1.82, 2.24) is 10.6 Å². The van der Waals surface area contributed by atoms with Gasteiger partial charge in [0.15, 0.2) is 5.96 Å². The van der Waals surface area contributed by atoms with Gasteiger partial charge in [0.05, 0.1) is 0 Å². The second-order valence-electron chi connectivity index (χ2n) is 6.61. The van der Waals surface area contributed by atoms with Gasteiger partial charge in [-0.2, -0.15) is 0 Å². The molecule has 0 radical (unpaired) electrons. The van der Waals surface area contributed by atoms with E-state index in [9.17, 15) is 0 Å². The fourth-order valence-electron chi connectivity index (χ4n) is 1.98. The zero-order valence-corrected chi connectivity index (χ0v) is 14.9. The van der Waals surface area contributed by atoms with E-state index in [1.807, 2.05) is 6.92 Å². The third-order valence-electron chi connectivity index (χ3n) is 3.16. The molecule has 0 bridgehead atoms. The van der Waals surface area contributed by atoms with Crippen LogP contribution in [0.5, 0.6) is 0 Å². The summed E-state index contributed by atoms with van der Waals surface area (Å²) in [5, 5.41) is 6.69. The fourth-order valence-corrected chi connectivity index (χ4v) is 1.98. The third-order valence-corrected chi connectivity index (χ3v) is 3.16. The monoisotopic (exact) mass is 299 g/mol. The van der Waals surface area contributed by atoms with Gasteiger partial charge in [-0.1, -0.05) is 27.2 Å². The molecule has 0 aliphatic heterocycles. The molecule has 0 atom stereocenters. The Balaban J connectivity index is 3.75. The van der Waals surface area contributed by atoms with E-state index in [2.05, 4.69) is 43.3 Å². The van der Waals surface area contributed by atoms with E-state index in [1.54, 1.807) is 0 Å². The Morgan fingerprint density at radius 3 is 2.38 bits per heavy atom. The molecule has 0 amide bonds. The molecule has 0 spiro atoms. The highest BCUT2D eigenvalue weighted by molar-refractivity contribution is 5.79. The molecule has 0 aliphatic carbocycles. The van der Waals surface area contributed by atoms with Crippen molar-refractivity contribution < 1.29 is 4.74 Å². The second kappa shape index (κ2) is 12.9. The maximum Gasteiger partial charge on any atom is 0.191 e. The summed E-state index contributed by atoms with van der Waals surface area (Å²) in [6.07, 6.45) is 5.91. The Morgan fingerprint density at radius 2 is 1.76 bits per heavy atom. The topological polar surface area (TPSA) is 45.7 Å². The van der Waals surface area contributed by atoms with Crippen molar-refractivity contribution in [3.63, 3.8) is 0 Å². The number of hydrogen-bond donors (Lipinski definition) is 2. The lowest BCUT2D eigenvalue weighted by molar-refractivity contribution is 0.143. The first-order valence-corrected chi connectivity index (χ1v) is 8.59. The van der Waals surface area contributed by atoms with Gasteiger partial charge in [-0.25, -0.2) is 0 Å². The number of nitrogens with zero attached hydrogens (tertiary/aromatic N) is 1. The first-order valence-electron chi connectivity index (χ1n) is 8.59. The molecule has 0 heterocycles. The van der Waals surface area contributed by atoms with Gasteiger partial charge >= 0.3 is 0 Å². The smallest absolute Gasteiger partial charge is 0.191 e. The minimum Gasteiger partial charge on any atom is -0.382 e. The fraction of sp³-hybridized carbons (Fsp3) is 0.941. The molecule has 4 heteroatoms. The minimum absolute atomic E-state index is 0.438. The van der Waals surface area contributed by atoms with Gasteiger partial charge in [-0.05, 0) is 44.9 Å². The number of unbranched alkanes of at least 4 members (excludes halogenated alkanes) is 2. The van der Waals surface area contributed by atoms with E-state index < -0.39 is 0 Å². The standard InChI is InChI=1S/C17H37N3O/c1-6-18-16(20-14-10-11-15-21-7-2)19-13-9-8-12-17(3,4)5/h6-15H2,1-5H3,(H2,18,19,20). The van der Waals surface area contributed by atoms with Crippen LogP contribution in [-0.2, 0) is 4.74 Å². The molecular formula is C17H37N3O. The Morgan fingerprint density at radius 1 is 1.00 bits per heavy atom. The average molecular weight is 300 g/mol. The minimum atomic E-state index is 0.438. The summed E-state index contributed by atoms with van der Waals surface area (Å²) in [6.45, 7) is 15.5. The summed E-state index contributed by atoms with van der Waals surface area (Å²) in [5.74, 6) is 0.949. The molecule has 0 fully saturated rings. The van der Waals surface area contributed by atoms with Crippen LogP contribution in [0.4, 0.5) is 0 Å². The summed E-state index contributed by atoms with van der Waals surface area (Å²) in [5.41, 5.74) is 0.438. The number of aliphatic imine (C=N–C) groups is 1. The average Bonchev–Trinajstić information content (AvgIpc) is 2.40. The zero-order valence-electron chi connectivity index (χ0n) is 14.9. The van der Waals surface area contributed by atoms with E-state index in [-0.39, 0.29) is 0 Å². The molecule has 0 aromatic carbocycles. The van der Waals surface area contributed by atoms with Crippen molar-refractivity contribution in [2.75, 3.05) is 32.8 Å². The Bertz CT molecular complexity index is 259. The van der Waals surface area contributed by atoms with Crippen molar-refractivity contribution in [3.05, 3.63) is 0 Å². The molecule has 0 rings (SSSR count). The molecule has 0 unspecified atom stereocenters. The molecular weight excluding hydrogens is 262 g/mol. The van der Waals surface area contributed by atoms with Crippen molar-refractivity contribution in [2.24, 2.45) is 10.4 Å². The molecule has 0 aliphatic rings. The molecule has 0 saturated carbocycles. The number of ether oxygens (including phenoxy) is 1. The maximum atomic E-state index is 5.33. The van der Waals surface area contributed by atoms with Gasteiger partial charge in [-0.15, -0.1) is 0 Å². The Labute approximate surface area is 132 Å². The largest absolute Gasteiger partial charge is 0.382 e. The maximum absolute atomic E-state index is 5.33. The molecule has 0 saturated heterocycles. The van der Waals surface area contributed by atoms with Gasteiger partial charge in [0.25, 0.3) is 0 Å². The van der Waals surface area contributed by atoms with E-state index in [4.69, 9.17) is 4.74 Å². The lowest BCUT2D eigenvalue weighted by atomic mass is 9.90. The van der Waals surface area contributed by atoms with Crippen molar-refractivity contribution in [3.8, 4) is 0 Å². The normalized spacial score (nSPS) is 12.5. The highest BCUT2D eigenvalue weighted by atomic mass is 16.5. The van der Waals surface area contributed by atoms with E-state index in [0.717, 1.165) is 58.1 Å². The zero-order chi connectivity index (χ0) is 16.0. The predicted octanol–water partition coefficient (Wildman–Crippen LogP) is 3.57. The predicted molar refractivity (Wildman–Crippen MR) is 93.0 cm³/mol. The van der Waals surface area contributed by atoms with Gasteiger partial charge in [0.2, 0.25) is 0 Å². The van der Waals surface area contributed by atoms with Crippen molar-refractivity contribution >= 4 is 5.96 Å². The molecule has 4 nitrogen and oxygen atoms in total. The molecule has 21 heavy (non-hydrogen) atoms. The van der Waals surface area contributed by atoms with Crippen LogP contribution in [0, 0.1) is 5.41 Å². The molecule has 0 aromatic rings. The number of hydrogen-bond acceptors (Lipinski definition) is 2. The highest BCUT2D eigenvalue weighted by Crippen LogP contribution is 2.21. The van der Waals surface area contributed by atoms with Gasteiger partial charge < -0.3 is 15.4 Å². The van der Waals surface area contributed by atoms with Crippen LogP contribution in [0.3, 0.4) is 0 Å². The quantitative estimate of drug-likeness (QED) is 0.348. The summed E-state index contributed by atoms with van der Waals surface area (Å²) in [4.78, 5) is 4.63. The number of rotatable bonds is 11. The van der Waals surface area contributed by atoms with Crippen LogP contribution in [-0.4, -0.2) is 38.8 Å². The van der Waals surface area contributed by atoms with E-state index in [1.165, 1.54) is 12.8 Å². The van der Waals surface area contributed by atoms with Crippen LogP contribution >= 0.6 is 0 Å². The van der Waals surface area contributed by atoms with Crippen molar-refractivity contribution in [1.29, 1.82) is 0 Å². The summed E-state index contributed by atoms with van der Waals surface area (Å²) in [6, 6.07) is 0. The van der Waals surface area contributed by atoms with Gasteiger partial charge in [-0.3, -0.25) is 4.99 Å². The lowest BCUT2D eigenvalue weighted by Gasteiger charge is -2.17. The third kappa shape index (κ3) is 15.4. The summed E-state index contributed by atoms with van der Waals surface area (Å²) >= 11 is 0. The first kappa shape index (κ1) is 20.2. The highest BCUT2D eigenvalue weighted by Gasteiger charge is 2.08. The van der Waals surface area contributed by atoms with E-state index in [0.29, 0.717) is 5.41 Å². The second-order valence-corrected chi connectivity index (χ2v) is 6.61. The van der Waals surface area contributed by atoms with Crippen LogP contribution in [0.15, 0.2) is 4.99 Å². The van der Waals surface area contributed by atoms with Crippen molar-refractivity contribution in [2.45, 2.75) is 66.7 Å². The van der Waals surface area contributed by atoms with Crippen LogP contribution < -0.4 is 10.6 Å².